The molecule has 0 bridgehead atoms. The van der Waals surface area contributed by atoms with E-state index in [1.807, 2.05) is 6.26 Å². The summed E-state index contributed by atoms with van der Waals surface area (Å²) >= 11 is 1.39. The summed E-state index contributed by atoms with van der Waals surface area (Å²) in [5.41, 5.74) is 1.26. The van der Waals surface area contributed by atoms with Crippen molar-refractivity contribution in [3.05, 3.63) is 52.5 Å². The van der Waals surface area contributed by atoms with Crippen molar-refractivity contribution in [2.24, 2.45) is 0 Å². The van der Waals surface area contributed by atoms with Gasteiger partial charge in [-0.1, -0.05) is 6.07 Å². The van der Waals surface area contributed by atoms with Crippen LogP contribution in [0.1, 0.15) is 59.2 Å². The Balaban J connectivity index is 1.85. The average molecular weight is 363 g/mol. The molecule has 0 saturated heterocycles. The normalized spacial score (nSPS) is 15.1. The summed E-state index contributed by atoms with van der Waals surface area (Å²) in [6.45, 7) is 3.44. The second-order valence-corrected chi connectivity index (χ2v) is 6.98. The Hall–Kier alpha value is -2.02. The molecular formula is C18H19F2N3OS. The molecule has 3 rings (SSSR count). The first-order valence-corrected chi connectivity index (χ1v) is 9.31. The van der Waals surface area contributed by atoms with E-state index in [-0.39, 0.29) is 11.5 Å². The Bertz CT molecular complexity index is 824. The van der Waals surface area contributed by atoms with Gasteiger partial charge >= 0.3 is 0 Å². The van der Waals surface area contributed by atoms with E-state index in [1.165, 1.54) is 23.9 Å². The lowest BCUT2D eigenvalue weighted by molar-refractivity contribution is 0.0934. The van der Waals surface area contributed by atoms with Crippen molar-refractivity contribution in [1.82, 2.24) is 15.3 Å². The van der Waals surface area contributed by atoms with Crippen LogP contribution in [0.5, 0.6) is 0 Å². The van der Waals surface area contributed by atoms with Gasteiger partial charge in [-0.2, -0.15) is 0 Å². The number of amides is 1. The van der Waals surface area contributed by atoms with E-state index >= 15 is 0 Å². The summed E-state index contributed by atoms with van der Waals surface area (Å²) in [6.07, 6.45) is 4.03. The minimum absolute atomic E-state index is 0.230. The number of rotatable bonds is 5. The van der Waals surface area contributed by atoms with Gasteiger partial charge in [0.05, 0.1) is 17.3 Å². The molecule has 7 heteroatoms. The van der Waals surface area contributed by atoms with E-state index in [0.717, 1.165) is 24.7 Å². The molecule has 1 aliphatic rings. The summed E-state index contributed by atoms with van der Waals surface area (Å²) in [4.78, 5) is 21.7. The Morgan fingerprint density at radius 2 is 2.04 bits per heavy atom. The first-order valence-electron chi connectivity index (χ1n) is 8.09. The number of aryl methyl sites for hydroxylation is 1. The summed E-state index contributed by atoms with van der Waals surface area (Å²) in [7, 11) is 0. The molecule has 1 aliphatic carbocycles. The first-order chi connectivity index (χ1) is 11.9. The minimum Gasteiger partial charge on any atom is -0.345 e. The van der Waals surface area contributed by atoms with Gasteiger partial charge in [0.25, 0.3) is 5.91 Å². The third-order valence-corrected chi connectivity index (χ3v) is 4.90. The van der Waals surface area contributed by atoms with Gasteiger partial charge in [-0.15, -0.1) is 11.8 Å². The zero-order valence-electron chi connectivity index (χ0n) is 14.3. The Morgan fingerprint density at radius 1 is 1.32 bits per heavy atom. The lowest BCUT2D eigenvalue weighted by atomic mass is 10.1. The van der Waals surface area contributed by atoms with Crippen LogP contribution in [0, 0.1) is 18.6 Å². The van der Waals surface area contributed by atoms with Crippen LogP contribution in [0.2, 0.25) is 0 Å². The fraction of sp³-hybridized carbons (Fsp3) is 0.389. The van der Waals surface area contributed by atoms with Crippen molar-refractivity contribution in [3.8, 4) is 0 Å². The number of aromatic nitrogens is 2. The third-order valence-electron chi connectivity index (χ3n) is 4.21. The van der Waals surface area contributed by atoms with Crippen LogP contribution in [-0.2, 0) is 0 Å². The highest BCUT2D eigenvalue weighted by Crippen LogP contribution is 2.39. The van der Waals surface area contributed by atoms with Crippen LogP contribution in [0.25, 0.3) is 0 Å². The number of nitrogens with one attached hydrogen (secondary N) is 1. The van der Waals surface area contributed by atoms with Gasteiger partial charge < -0.3 is 5.32 Å². The number of hydrogen-bond donors (Lipinski definition) is 1. The quantitative estimate of drug-likeness (QED) is 0.640. The van der Waals surface area contributed by atoms with Gasteiger partial charge in [0.2, 0.25) is 0 Å². The van der Waals surface area contributed by atoms with Gasteiger partial charge in [-0.05, 0) is 39.0 Å². The second-order valence-electron chi connectivity index (χ2n) is 6.19. The summed E-state index contributed by atoms with van der Waals surface area (Å²) in [5.74, 6) is -0.510. The van der Waals surface area contributed by atoms with E-state index in [1.54, 1.807) is 13.8 Å². The lowest BCUT2D eigenvalue weighted by Crippen LogP contribution is -2.29. The fourth-order valence-electron chi connectivity index (χ4n) is 2.70. The maximum Gasteiger partial charge on any atom is 0.256 e. The molecule has 4 nitrogen and oxygen atoms in total. The number of halogens is 2. The minimum atomic E-state index is -0.685. The average Bonchev–Trinajstić information content (AvgIpc) is 3.38. The molecule has 1 N–H and O–H groups in total. The monoisotopic (exact) mass is 363 g/mol. The van der Waals surface area contributed by atoms with Crippen molar-refractivity contribution in [2.75, 3.05) is 6.26 Å². The molecule has 25 heavy (non-hydrogen) atoms. The van der Waals surface area contributed by atoms with E-state index in [4.69, 9.17) is 0 Å². The number of hydrogen-bond acceptors (Lipinski definition) is 4. The van der Waals surface area contributed by atoms with Gasteiger partial charge in [-0.25, -0.2) is 18.7 Å². The Kier molecular flexibility index (Phi) is 5.03. The largest absolute Gasteiger partial charge is 0.345 e. The molecular weight excluding hydrogens is 344 g/mol. The number of benzene rings is 1. The van der Waals surface area contributed by atoms with Crippen molar-refractivity contribution in [1.29, 1.82) is 0 Å². The number of carbonyl (C=O) groups excluding carboxylic acids is 1. The van der Waals surface area contributed by atoms with Gasteiger partial charge in [0, 0.05) is 17.5 Å². The fourth-order valence-corrected chi connectivity index (χ4v) is 3.33. The number of carbonyl (C=O) groups is 1. The predicted molar refractivity (Wildman–Crippen MR) is 92.8 cm³/mol. The maximum atomic E-state index is 13.9. The molecule has 1 atom stereocenters. The zero-order chi connectivity index (χ0) is 18.1. The third kappa shape index (κ3) is 3.81. The standard InChI is InChI=1S/C18H19F2N3OS/c1-9(13-7-6-12(19)8-14(13)20)22-17(24)15-10(2)21-16(11-4-5-11)23-18(15)25-3/h6-9,11H,4-5H2,1-3H3,(H,22,24). The van der Waals surface area contributed by atoms with Crippen LogP contribution in [0.15, 0.2) is 23.2 Å². The summed E-state index contributed by atoms with van der Waals surface area (Å²) in [5, 5.41) is 3.38. The van der Waals surface area contributed by atoms with Crippen LogP contribution >= 0.6 is 11.8 Å². The maximum absolute atomic E-state index is 13.9. The molecule has 1 unspecified atom stereocenters. The predicted octanol–water partition coefficient (Wildman–Crippen LogP) is 4.15. The molecule has 1 aromatic heterocycles. The van der Waals surface area contributed by atoms with E-state index in [0.29, 0.717) is 22.2 Å². The smallest absolute Gasteiger partial charge is 0.256 e. The van der Waals surface area contributed by atoms with Gasteiger partial charge in [0.1, 0.15) is 22.5 Å². The highest BCUT2D eigenvalue weighted by Gasteiger charge is 2.29. The molecule has 1 amide bonds. The first kappa shape index (κ1) is 17.8. The topological polar surface area (TPSA) is 54.9 Å². The second kappa shape index (κ2) is 7.07. The lowest BCUT2D eigenvalue weighted by Gasteiger charge is -2.17. The van der Waals surface area contributed by atoms with Crippen LogP contribution in [0.4, 0.5) is 8.78 Å². The SMILES string of the molecule is CSc1nc(C2CC2)nc(C)c1C(=O)NC(C)c1ccc(F)cc1F. The summed E-state index contributed by atoms with van der Waals surface area (Å²) in [6, 6.07) is 2.72. The highest BCUT2D eigenvalue weighted by molar-refractivity contribution is 7.98. The highest BCUT2D eigenvalue weighted by atomic mass is 32.2. The molecule has 0 spiro atoms. The molecule has 1 aromatic carbocycles. The Labute approximate surface area is 149 Å². The van der Waals surface area contributed by atoms with E-state index in [9.17, 15) is 13.6 Å². The van der Waals surface area contributed by atoms with Crippen molar-refractivity contribution >= 4 is 17.7 Å². The zero-order valence-corrected chi connectivity index (χ0v) is 15.1. The summed E-state index contributed by atoms with van der Waals surface area (Å²) < 4.78 is 27.0. The molecule has 1 saturated carbocycles. The van der Waals surface area contributed by atoms with Crippen molar-refractivity contribution in [2.45, 2.75) is 43.7 Å². The van der Waals surface area contributed by atoms with E-state index in [2.05, 4.69) is 15.3 Å². The molecule has 0 radical (unpaired) electrons. The van der Waals surface area contributed by atoms with E-state index < -0.39 is 17.7 Å². The molecule has 2 aromatic rings. The number of thioether (sulfide) groups is 1. The molecule has 1 heterocycles. The van der Waals surface area contributed by atoms with Crippen LogP contribution in [0.3, 0.4) is 0 Å². The molecule has 0 aliphatic heterocycles. The van der Waals surface area contributed by atoms with Crippen molar-refractivity contribution in [3.63, 3.8) is 0 Å². The van der Waals surface area contributed by atoms with Crippen LogP contribution in [-0.4, -0.2) is 22.1 Å². The number of nitrogens with zero attached hydrogens (tertiary/aromatic N) is 2. The Morgan fingerprint density at radius 3 is 2.64 bits per heavy atom. The molecule has 1 fully saturated rings. The van der Waals surface area contributed by atoms with Gasteiger partial charge in [0.15, 0.2) is 0 Å². The van der Waals surface area contributed by atoms with Crippen molar-refractivity contribution < 1.29 is 13.6 Å². The molecule has 132 valence electrons. The van der Waals surface area contributed by atoms with Gasteiger partial charge in [-0.3, -0.25) is 4.79 Å². The van der Waals surface area contributed by atoms with Crippen LogP contribution < -0.4 is 5.32 Å².